The van der Waals surface area contributed by atoms with Crippen LogP contribution in [0, 0.1) is 12.3 Å². The van der Waals surface area contributed by atoms with Crippen molar-refractivity contribution in [2.75, 3.05) is 6.79 Å². The first kappa shape index (κ1) is 12.4. The Morgan fingerprint density at radius 3 is 2.79 bits per heavy atom. The van der Waals surface area contributed by atoms with Gasteiger partial charge in [0, 0.05) is 17.2 Å². The van der Waals surface area contributed by atoms with Crippen LogP contribution < -0.4 is 9.47 Å². The Morgan fingerprint density at radius 1 is 1.26 bits per heavy atom. The number of hydrogen-bond donors (Lipinski definition) is 0. The molecule has 3 nitrogen and oxygen atoms in total. The highest BCUT2D eigenvalue weighted by molar-refractivity contribution is 5.55. The van der Waals surface area contributed by atoms with Gasteiger partial charge in [0.2, 0.25) is 6.79 Å². The van der Waals surface area contributed by atoms with Crippen LogP contribution in [0.1, 0.15) is 49.8 Å². The van der Waals surface area contributed by atoms with E-state index in [0.29, 0.717) is 6.10 Å². The van der Waals surface area contributed by atoms with Crippen LogP contribution in [-0.2, 0) is 4.74 Å². The topological polar surface area (TPSA) is 31.0 Å². The molecule has 1 fully saturated rings. The van der Waals surface area contributed by atoms with Crippen LogP contribution in [0.5, 0.6) is 11.5 Å². The van der Waals surface area contributed by atoms with Crippen molar-refractivity contribution in [3.05, 3.63) is 23.3 Å². The molecule has 0 bridgehead atoms. The zero-order valence-electron chi connectivity index (χ0n) is 11.1. The standard InChI is InChI=1S/C16H18O3/c1-3-5-6-7-13-16(19-13)12-9-15-14(17-10-18-15)8-11(12)4-2/h2,8-9,13,16H,3,5-7,10H2,1H3/t13-,16-/m0/s1. The van der Waals surface area contributed by atoms with Gasteiger partial charge in [-0.25, -0.2) is 0 Å². The van der Waals surface area contributed by atoms with Crippen molar-refractivity contribution in [1.82, 2.24) is 0 Å². The fraction of sp³-hybridized carbons (Fsp3) is 0.500. The summed E-state index contributed by atoms with van der Waals surface area (Å²) in [5, 5.41) is 0. The van der Waals surface area contributed by atoms with Crippen molar-refractivity contribution < 1.29 is 14.2 Å². The third-order valence-corrected chi connectivity index (χ3v) is 3.68. The molecular formula is C16H18O3. The van der Waals surface area contributed by atoms with Gasteiger partial charge in [0.1, 0.15) is 6.10 Å². The smallest absolute Gasteiger partial charge is 0.231 e. The molecule has 2 aliphatic heterocycles. The van der Waals surface area contributed by atoms with E-state index in [2.05, 4.69) is 12.8 Å². The van der Waals surface area contributed by atoms with Crippen molar-refractivity contribution in [2.45, 2.75) is 44.8 Å². The summed E-state index contributed by atoms with van der Waals surface area (Å²) < 4.78 is 16.5. The highest BCUT2D eigenvalue weighted by atomic mass is 16.7. The van der Waals surface area contributed by atoms with Gasteiger partial charge in [-0.3, -0.25) is 0 Å². The third-order valence-electron chi connectivity index (χ3n) is 3.68. The van der Waals surface area contributed by atoms with E-state index < -0.39 is 0 Å². The number of epoxide rings is 1. The average Bonchev–Trinajstić information content (AvgIpc) is 3.05. The molecule has 1 aromatic carbocycles. The number of terminal acetylenes is 1. The van der Waals surface area contributed by atoms with Crippen molar-refractivity contribution in [3.63, 3.8) is 0 Å². The lowest BCUT2D eigenvalue weighted by Crippen LogP contribution is -1.93. The molecule has 3 rings (SSSR count). The van der Waals surface area contributed by atoms with Crippen LogP contribution in [0.3, 0.4) is 0 Å². The van der Waals surface area contributed by atoms with E-state index in [4.69, 9.17) is 20.6 Å². The number of unbranched alkanes of at least 4 members (excludes halogenated alkanes) is 2. The minimum atomic E-state index is 0.136. The second-order valence-corrected chi connectivity index (χ2v) is 5.03. The Balaban J connectivity index is 1.73. The second kappa shape index (κ2) is 5.14. The maximum absolute atomic E-state index is 5.76. The molecule has 0 N–H and O–H groups in total. The lowest BCUT2D eigenvalue weighted by Gasteiger charge is -2.04. The Hall–Kier alpha value is -1.66. The minimum absolute atomic E-state index is 0.136. The van der Waals surface area contributed by atoms with E-state index in [9.17, 15) is 0 Å². The molecular weight excluding hydrogens is 240 g/mol. The maximum Gasteiger partial charge on any atom is 0.231 e. The van der Waals surface area contributed by atoms with Crippen LogP contribution >= 0.6 is 0 Å². The van der Waals surface area contributed by atoms with Gasteiger partial charge in [0.25, 0.3) is 0 Å². The van der Waals surface area contributed by atoms with Gasteiger partial charge in [-0.1, -0.05) is 32.1 Å². The van der Waals surface area contributed by atoms with E-state index >= 15 is 0 Å². The summed E-state index contributed by atoms with van der Waals surface area (Å²) >= 11 is 0. The van der Waals surface area contributed by atoms with Gasteiger partial charge >= 0.3 is 0 Å². The summed E-state index contributed by atoms with van der Waals surface area (Å²) in [5.74, 6) is 4.23. The first-order valence-corrected chi connectivity index (χ1v) is 6.89. The van der Waals surface area contributed by atoms with E-state index in [0.717, 1.165) is 29.0 Å². The molecule has 2 aliphatic rings. The van der Waals surface area contributed by atoms with Crippen LogP contribution in [0.25, 0.3) is 0 Å². The quantitative estimate of drug-likeness (QED) is 0.460. The first-order chi connectivity index (χ1) is 9.33. The molecule has 1 saturated heterocycles. The van der Waals surface area contributed by atoms with Gasteiger partial charge in [-0.2, -0.15) is 0 Å². The molecule has 0 aromatic heterocycles. The fourth-order valence-electron chi connectivity index (χ4n) is 2.55. The number of benzene rings is 1. The van der Waals surface area contributed by atoms with E-state index in [1.165, 1.54) is 19.3 Å². The summed E-state index contributed by atoms with van der Waals surface area (Å²) in [4.78, 5) is 0. The fourth-order valence-corrected chi connectivity index (χ4v) is 2.55. The molecule has 19 heavy (non-hydrogen) atoms. The second-order valence-electron chi connectivity index (χ2n) is 5.03. The zero-order valence-corrected chi connectivity index (χ0v) is 11.1. The number of rotatable bonds is 5. The summed E-state index contributed by atoms with van der Waals surface area (Å²) in [6, 6.07) is 3.85. The summed E-state index contributed by atoms with van der Waals surface area (Å²) in [7, 11) is 0. The molecule has 2 heterocycles. The van der Waals surface area contributed by atoms with Crippen molar-refractivity contribution in [3.8, 4) is 23.8 Å². The monoisotopic (exact) mass is 258 g/mol. The number of hydrogen-bond acceptors (Lipinski definition) is 3. The van der Waals surface area contributed by atoms with Crippen LogP contribution in [-0.4, -0.2) is 12.9 Å². The molecule has 0 spiro atoms. The summed E-state index contributed by atoms with van der Waals surface area (Å²) in [6.45, 7) is 2.48. The number of fused-ring (bicyclic) bond motifs is 1. The minimum Gasteiger partial charge on any atom is -0.454 e. The predicted molar refractivity (Wildman–Crippen MR) is 72.3 cm³/mol. The lowest BCUT2D eigenvalue weighted by molar-refractivity contribution is 0.174. The molecule has 3 heteroatoms. The molecule has 0 amide bonds. The molecule has 2 atom stereocenters. The van der Waals surface area contributed by atoms with Gasteiger partial charge < -0.3 is 14.2 Å². The summed E-state index contributed by atoms with van der Waals surface area (Å²) in [6.07, 6.45) is 10.8. The molecule has 0 saturated carbocycles. The van der Waals surface area contributed by atoms with Gasteiger partial charge in [0.05, 0.1) is 6.10 Å². The van der Waals surface area contributed by atoms with Crippen LogP contribution in [0.4, 0.5) is 0 Å². The Bertz CT molecular complexity index is 515. The van der Waals surface area contributed by atoms with E-state index in [1.54, 1.807) is 0 Å². The largest absolute Gasteiger partial charge is 0.454 e. The maximum atomic E-state index is 5.76. The molecule has 0 radical (unpaired) electrons. The molecule has 1 aromatic rings. The van der Waals surface area contributed by atoms with Crippen molar-refractivity contribution in [2.24, 2.45) is 0 Å². The molecule has 0 aliphatic carbocycles. The van der Waals surface area contributed by atoms with Crippen molar-refractivity contribution in [1.29, 1.82) is 0 Å². The van der Waals surface area contributed by atoms with Gasteiger partial charge in [-0.15, -0.1) is 6.42 Å². The normalized spacial score (nSPS) is 23.2. The average molecular weight is 258 g/mol. The van der Waals surface area contributed by atoms with Gasteiger partial charge in [0.15, 0.2) is 11.5 Å². The van der Waals surface area contributed by atoms with Crippen LogP contribution in [0.15, 0.2) is 12.1 Å². The Morgan fingerprint density at radius 2 is 2.05 bits per heavy atom. The Kier molecular flexibility index (Phi) is 3.35. The van der Waals surface area contributed by atoms with E-state index in [1.807, 2.05) is 12.1 Å². The summed E-state index contributed by atoms with van der Waals surface area (Å²) in [5.41, 5.74) is 1.92. The highest BCUT2D eigenvalue weighted by Crippen LogP contribution is 2.46. The predicted octanol–water partition coefficient (Wildman–Crippen LogP) is 3.42. The van der Waals surface area contributed by atoms with Crippen molar-refractivity contribution >= 4 is 0 Å². The Labute approximate surface area is 113 Å². The first-order valence-electron chi connectivity index (χ1n) is 6.89. The van der Waals surface area contributed by atoms with E-state index in [-0.39, 0.29) is 12.9 Å². The molecule has 0 unspecified atom stereocenters. The highest BCUT2D eigenvalue weighted by Gasteiger charge is 2.41. The van der Waals surface area contributed by atoms with Crippen LogP contribution in [0.2, 0.25) is 0 Å². The van der Waals surface area contributed by atoms with Gasteiger partial charge in [-0.05, 0) is 12.5 Å². The number of ether oxygens (including phenoxy) is 3. The SMILES string of the molecule is C#Cc1cc2c(cc1[C@@H]1O[C@H]1CCCCC)OCO2. The molecule has 100 valence electrons. The zero-order chi connectivity index (χ0) is 13.2. The lowest BCUT2D eigenvalue weighted by atomic mass is 10.00. The third kappa shape index (κ3) is 2.41.